The zero-order valence-corrected chi connectivity index (χ0v) is 32.6. The lowest BCUT2D eigenvalue weighted by atomic mass is 10.0. The van der Waals surface area contributed by atoms with Crippen LogP contribution >= 0.6 is 0 Å². The highest BCUT2D eigenvalue weighted by Crippen LogP contribution is 2.38. The summed E-state index contributed by atoms with van der Waals surface area (Å²) in [6.07, 6.45) is 0. The Kier molecular flexibility index (Phi) is 15.5. The molecule has 0 atom stereocenters. The van der Waals surface area contributed by atoms with Crippen molar-refractivity contribution in [3.8, 4) is 39.1 Å². The summed E-state index contributed by atoms with van der Waals surface area (Å²) in [6, 6.07) is 64.3. The van der Waals surface area contributed by atoms with E-state index in [1.165, 1.54) is 33.4 Å². The molecule has 0 amide bonds. The van der Waals surface area contributed by atoms with Crippen LogP contribution < -0.4 is 14.5 Å². The van der Waals surface area contributed by atoms with Crippen LogP contribution in [0.1, 0.15) is 41.5 Å². The molecule has 0 saturated heterocycles. The Labute approximate surface area is 318 Å². The maximum absolute atomic E-state index is 5.31. The number of ether oxygens (including phenoxy) is 1. The van der Waals surface area contributed by atoms with Crippen LogP contribution in [0.3, 0.4) is 0 Å². The fourth-order valence-corrected chi connectivity index (χ4v) is 5.95. The standard InChI is InChI=1S/C44H36N2O.3C2H6/c1-45(40-29-31-44(47-2)32-30-40)39-21-13-37(14-22-39)38-19-27-43(28-20-38)46(41-23-15-35(16-24-41)33-9-5-3-6-10-33)42-25-17-36(18-26-42)34-11-7-4-8-12-34;3*1-2/h3-32H,1-2H3;3*1-2H3. The smallest absolute Gasteiger partial charge is 0.119 e. The summed E-state index contributed by atoms with van der Waals surface area (Å²) in [7, 11) is 3.77. The van der Waals surface area contributed by atoms with Gasteiger partial charge in [0, 0.05) is 35.5 Å². The van der Waals surface area contributed by atoms with Crippen molar-refractivity contribution in [3.05, 3.63) is 182 Å². The van der Waals surface area contributed by atoms with Crippen molar-refractivity contribution in [1.29, 1.82) is 0 Å². The fourth-order valence-electron chi connectivity index (χ4n) is 5.95. The molecule has 7 aromatic carbocycles. The topological polar surface area (TPSA) is 15.7 Å². The Bertz CT molecular complexity index is 1940. The van der Waals surface area contributed by atoms with Crippen LogP contribution in [0.4, 0.5) is 28.4 Å². The van der Waals surface area contributed by atoms with Crippen molar-refractivity contribution in [1.82, 2.24) is 0 Å². The molecule has 7 aromatic rings. The summed E-state index contributed by atoms with van der Waals surface area (Å²) < 4.78 is 5.31. The van der Waals surface area contributed by atoms with Crippen LogP contribution in [0.25, 0.3) is 33.4 Å². The van der Waals surface area contributed by atoms with Gasteiger partial charge in [0.15, 0.2) is 0 Å². The van der Waals surface area contributed by atoms with E-state index in [9.17, 15) is 0 Å². The van der Waals surface area contributed by atoms with E-state index in [0.29, 0.717) is 0 Å². The third-order valence-electron chi connectivity index (χ3n) is 8.64. The highest BCUT2D eigenvalue weighted by Gasteiger charge is 2.14. The van der Waals surface area contributed by atoms with E-state index in [1.54, 1.807) is 7.11 Å². The van der Waals surface area contributed by atoms with Gasteiger partial charge in [0.1, 0.15) is 5.75 Å². The maximum atomic E-state index is 5.31. The highest BCUT2D eigenvalue weighted by molar-refractivity contribution is 5.81. The van der Waals surface area contributed by atoms with Gasteiger partial charge in [-0.1, -0.05) is 151 Å². The fraction of sp³-hybridized carbons (Fsp3) is 0.160. The molecule has 0 fully saturated rings. The predicted octanol–water partition coefficient (Wildman–Crippen LogP) is 15.0. The van der Waals surface area contributed by atoms with E-state index in [2.05, 4.69) is 187 Å². The number of methoxy groups -OCH3 is 1. The first-order chi connectivity index (χ1) is 26.2. The molecule has 0 unspecified atom stereocenters. The van der Waals surface area contributed by atoms with E-state index in [4.69, 9.17) is 4.74 Å². The Morgan fingerprint density at radius 2 is 0.547 bits per heavy atom. The van der Waals surface area contributed by atoms with E-state index in [-0.39, 0.29) is 0 Å². The predicted molar refractivity (Wildman–Crippen MR) is 233 cm³/mol. The minimum absolute atomic E-state index is 0.855. The Hall–Kier alpha value is -6.06. The minimum atomic E-state index is 0.855. The molecule has 0 aliphatic heterocycles. The quantitative estimate of drug-likeness (QED) is 0.149. The molecule has 3 heteroatoms. The summed E-state index contributed by atoms with van der Waals surface area (Å²) in [6.45, 7) is 12.0. The molecule has 0 heterocycles. The van der Waals surface area contributed by atoms with Gasteiger partial charge in [-0.2, -0.15) is 0 Å². The molecule has 0 saturated carbocycles. The van der Waals surface area contributed by atoms with E-state index >= 15 is 0 Å². The third-order valence-corrected chi connectivity index (χ3v) is 8.64. The second kappa shape index (κ2) is 20.7. The molecule has 270 valence electrons. The minimum Gasteiger partial charge on any atom is -0.497 e. The van der Waals surface area contributed by atoms with E-state index < -0.39 is 0 Å². The Morgan fingerprint density at radius 3 is 0.830 bits per heavy atom. The Balaban J connectivity index is 0.000000996. The van der Waals surface area contributed by atoms with Crippen molar-refractivity contribution >= 4 is 28.4 Å². The SMILES string of the molecule is CC.CC.CC.COc1ccc(N(C)c2ccc(-c3ccc(N(c4ccc(-c5ccccc5)cc4)c4ccc(-c5ccccc5)cc4)cc3)cc2)cc1. The van der Waals surface area contributed by atoms with Gasteiger partial charge < -0.3 is 14.5 Å². The third kappa shape index (κ3) is 10.1. The highest BCUT2D eigenvalue weighted by atomic mass is 16.5. The average molecular weight is 699 g/mol. The van der Waals surface area contributed by atoms with Gasteiger partial charge in [-0.25, -0.2) is 0 Å². The Morgan fingerprint density at radius 1 is 0.302 bits per heavy atom. The van der Waals surface area contributed by atoms with Gasteiger partial charge in [0.05, 0.1) is 7.11 Å². The normalized spacial score (nSPS) is 9.89. The van der Waals surface area contributed by atoms with Crippen LogP contribution in [0, 0.1) is 0 Å². The second-order valence-electron chi connectivity index (χ2n) is 11.5. The molecule has 53 heavy (non-hydrogen) atoms. The lowest BCUT2D eigenvalue weighted by Gasteiger charge is -2.26. The number of anilines is 5. The van der Waals surface area contributed by atoms with Crippen LogP contribution in [0.5, 0.6) is 5.75 Å². The zero-order valence-electron chi connectivity index (χ0n) is 32.6. The second-order valence-corrected chi connectivity index (χ2v) is 11.5. The zero-order chi connectivity index (χ0) is 38.0. The van der Waals surface area contributed by atoms with Crippen LogP contribution in [-0.4, -0.2) is 14.2 Å². The number of rotatable bonds is 9. The summed E-state index contributed by atoms with van der Waals surface area (Å²) in [5, 5.41) is 0. The first-order valence-electron chi connectivity index (χ1n) is 18.9. The van der Waals surface area contributed by atoms with Gasteiger partial charge in [0.25, 0.3) is 0 Å². The number of benzene rings is 7. The lowest BCUT2D eigenvalue weighted by molar-refractivity contribution is 0.415. The molecular formula is C50H54N2O. The van der Waals surface area contributed by atoms with E-state index in [1.807, 2.05) is 53.7 Å². The summed E-state index contributed by atoms with van der Waals surface area (Å²) in [5.74, 6) is 0.855. The molecule has 0 aliphatic rings. The molecule has 0 aromatic heterocycles. The molecule has 3 nitrogen and oxygen atoms in total. The van der Waals surface area contributed by atoms with Crippen LogP contribution in [0.2, 0.25) is 0 Å². The maximum Gasteiger partial charge on any atom is 0.119 e. The van der Waals surface area contributed by atoms with Crippen LogP contribution in [-0.2, 0) is 0 Å². The molecular weight excluding hydrogens is 645 g/mol. The monoisotopic (exact) mass is 698 g/mol. The summed E-state index contributed by atoms with van der Waals surface area (Å²) >= 11 is 0. The van der Waals surface area contributed by atoms with Crippen molar-refractivity contribution in [3.63, 3.8) is 0 Å². The molecule has 0 aliphatic carbocycles. The van der Waals surface area contributed by atoms with Gasteiger partial charge in [-0.15, -0.1) is 0 Å². The molecule has 0 spiro atoms. The lowest BCUT2D eigenvalue weighted by Crippen LogP contribution is -2.10. The van der Waals surface area contributed by atoms with Crippen molar-refractivity contribution in [2.75, 3.05) is 24.0 Å². The average Bonchev–Trinajstić information content (AvgIpc) is 3.27. The number of hydrogen-bond donors (Lipinski definition) is 0. The largest absolute Gasteiger partial charge is 0.497 e. The summed E-state index contributed by atoms with van der Waals surface area (Å²) in [5.41, 5.74) is 12.7. The van der Waals surface area contributed by atoms with Crippen molar-refractivity contribution in [2.24, 2.45) is 0 Å². The molecule has 0 bridgehead atoms. The molecule has 7 rings (SSSR count). The number of nitrogens with zero attached hydrogens (tertiary/aromatic N) is 2. The van der Waals surface area contributed by atoms with E-state index in [0.717, 1.165) is 34.2 Å². The molecule has 0 radical (unpaired) electrons. The van der Waals surface area contributed by atoms with Crippen LogP contribution in [0.15, 0.2) is 182 Å². The van der Waals surface area contributed by atoms with Gasteiger partial charge >= 0.3 is 0 Å². The summed E-state index contributed by atoms with van der Waals surface area (Å²) in [4.78, 5) is 4.50. The first kappa shape index (κ1) is 39.7. The van der Waals surface area contributed by atoms with Gasteiger partial charge in [-0.3, -0.25) is 0 Å². The van der Waals surface area contributed by atoms with Gasteiger partial charge in [0.2, 0.25) is 0 Å². The number of hydrogen-bond acceptors (Lipinski definition) is 3. The molecule has 0 N–H and O–H groups in total. The van der Waals surface area contributed by atoms with Crippen molar-refractivity contribution in [2.45, 2.75) is 41.5 Å². The van der Waals surface area contributed by atoms with Crippen molar-refractivity contribution < 1.29 is 4.74 Å². The van der Waals surface area contributed by atoms with Gasteiger partial charge in [-0.05, 0) is 106 Å². The first-order valence-corrected chi connectivity index (χ1v) is 18.9.